The van der Waals surface area contributed by atoms with Crippen molar-refractivity contribution < 1.29 is 9.59 Å². The minimum atomic E-state index is -0.106. The van der Waals surface area contributed by atoms with Crippen LogP contribution in [0, 0.1) is 0 Å². The highest BCUT2D eigenvalue weighted by molar-refractivity contribution is 9.11. The molecule has 1 aromatic rings. The Morgan fingerprint density at radius 2 is 2.23 bits per heavy atom. The van der Waals surface area contributed by atoms with E-state index >= 15 is 0 Å². The van der Waals surface area contributed by atoms with Gasteiger partial charge in [-0.1, -0.05) is 6.92 Å². The van der Waals surface area contributed by atoms with Crippen LogP contribution in [-0.4, -0.2) is 60.9 Å². The van der Waals surface area contributed by atoms with E-state index < -0.39 is 0 Å². The van der Waals surface area contributed by atoms with Crippen molar-refractivity contribution in [3.05, 3.63) is 20.8 Å². The van der Waals surface area contributed by atoms with Crippen molar-refractivity contribution in [2.45, 2.75) is 25.8 Å². The Labute approximate surface area is 143 Å². The number of hydrogen-bond acceptors (Lipinski definition) is 4. The van der Waals surface area contributed by atoms with E-state index in [9.17, 15) is 9.59 Å². The van der Waals surface area contributed by atoms with E-state index in [1.165, 1.54) is 16.2 Å². The maximum Gasteiger partial charge on any atom is 0.264 e. The minimum Gasteiger partial charge on any atom is -0.337 e. The van der Waals surface area contributed by atoms with Crippen LogP contribution in [0.15, 0.2) is 15.9 Å². The normalized spacial score (nSPS) is 17.5. The zero-order chi connectivity index (χ0) is 16.1. The van der Waals surface area contributed by atoms with Crippen LogP contribution in [0.2, 0.25) is 0 Å². The van der Waals surface area contributed by atoms with Gasteiger partial charge in [-0.2, -0.15) is 0 Å². The zero-order valence-electron chi connectivity index (χ0n) is 13.0. The van der Waals surface area contributed by atoms with Gasteiger partial charge in [0.05, 0.1) is 15.2 Å². The number of hydrogen-bond donors (Lipinski definition) is 1. The number of nitrogens with one attached hydrogen (secondary N) is 1. The van der Waals surface area contributed by atoms with Crippen molar-refractivity contribution in [2.75, 3.05) is 33.2 Å². The molecule has 1 aromatic heterocycles. The molecule has 5 nitrogen and oxygen atoms in total. The summed E-state index contributed by atoms with van der Waals surface area (Å²) in [6.07, 6.45) is 1.92. The van der Waals surface area contributed by atoms with Crippen LogP contribution in [0.3, 0.4) is 0 Å². The van der Waals surface area contributed by atoms with E-state index in [0.29, 0.717) is 4.88 Å². The van der Waals surface area contributed by atoms with Gasteiger partial charge in [-0.3, -0.25) is 9.59 Å². The number of carbonyl (C=O) groups is 2. The highest BCUT2D eigenvalue weighted by Gasteiger charge is 2.27. The average Bonchev–Trinajstić information content (AvgIpc) is 3.15. The van der Waals surface area contributed by atoms with Crippen LogP contribution < -0.4 is 5.32 Å². The summed E-state index contributed by atoms with van der Waals surface area (Å²) in [6, 6.07) is 3.89. The lowest BCUT2D eigenvalue weighted by Gasteiger charge is -2.30. The molecule has 1 N–H and O–H groups in total. The van der Waals surface area contributed by atoms with Crippen molar-refractivity contribution in [3.63, 3.8) is 0 Å². The van der Waals surface area contributed by atoms with Crippen LogP contribution in [0.1, 0.15) is 29.4 Å². The lowest BCUT2D eigenvalue weighted by molar-refractivity contribution is -0.133. The average molecular weight is 388 g/mol. The Balaban J connectivity index is 1.97. The molecule has 0 bridgehead atoms. The molecular weight excluding hydrogens is 366 g/mol. The van der Waals surface area contributed by atoms with Crippen molar-refractivity contribution in [2.24, 2.45) is 0 Å². The zero-order valence-corrected chi connectivity index (χ0v) is 15.4. The predicted octanol–water partition coefficient (Wildman–Crippen LogP) is 2.18. The van der Waals surface area contributed by atoms with Crippen molar-refractivity contribution in [1.82, 2.24) is 15.1 Å². The third-order valence-corrected chi connectivity index (χ3v) is 5.37. The predicted molar refractivity (Wildman–Crippen MR) is 92.3 cm³/mol. The second kappa shape index (κ2) is 8.08. The molecule has 1 aliphatic heterocycles. The molecule has 1 saturated heterocycles. The van der Waals surface area contributed by atoms with Crippen molar-refractivity contribution in [3.8, 4) is 0 Å². The Kier molecular flexibility index (Phi) is 6.40. The van der Waals surface area contributed by atoms with E-state index in [0.717, 1.165) is 36.3 Å². The lowest BCUT2D eigenvalue weighted by atomic mass is 10.2. The Morgan fingerprint density at radius 3 is 2.77 bits per heavy atom. The Morgan fingerprint density at radius 1 is 1.45 bits per heavy atom. The van der Waals surface area contributed by atoms with Crippen molar-refractivity contribution in [1.29, 1.82) is 0 Å². The van der Waals surface area contributed by atoms with Gasteiger partial charge in [-0.15, -0.1) is 11.3 Å². The number of carbonyl (C=O) groups excluding carboxylic acids is 2. The van der Waals surface area contributed by atoms with Gasteiger partial charge in [0, 0.05) is 26.2 Å². The summed E-state index contributed by atoms with van der Waals surface area (Å²) in [4.78, 5) is 29.0. The fourth-order valence-corrected chi connectivity index (χ4v) is 4.02. The molecule has 0 saturated carbocycles. The monoisotopic (exact) mass is 387 g/mol. The van der Waals surface area contributed by atoms with Gasteiger partial charge in [0.15, 0.2) is 0 Å². The summed E-state index contributed by atoms with van der Waals surface area (Å²) in [5.74, 6) is -0.0768. The first-order valence-corrected chi connectivity index (χ1v) is 9.15. The number of nitrogens with zero attached hydrogens (tertiary/aromatic N) is 2. The van der Waals surface area contributed by atoms with Crippen LogP contribution in [0.4, 0.5) is 0 Å². The standard InChI is InChI=1S/C15H22BrN3O2S/c1-3-8-19(11-6-7-17-9-11)14(20)10-18(2)15(21)12-4-5-13(16)22-12/h4-5,11,17H,3,6-10H2,1-2H3. The fraction of sp³-hybridized carbons (Fsp3) is 0.600. The van der Waals surface area contributed by atoms with Crippen LogP contribution >= 0.6 is 27.3 Å². The van der Waals surface area contributed by atoms with Gasteiger partial charge in [-0.25, -0.2) is 0 Å². The number of thiophene rings is 1. The topological polar surface area (TPSA) is 52.7 Å². The minimum absolute atomic E-state index is 0.0296. The smallest absolute Gasteiger partial charge is 0.264 e. The highest BCUT2D eigenvalue weighted by Crippen LogP contribution is 2.23. The van der Waals surface area contributed by atoms with E-state index in [4.69, 9.17) is 0 Å². The maximum absolute atomic E-state index is 12.6. The molecule has 1 unspecified atom stereocenters. The van der Waals surface area contributed by atoms with Gasteiger partial charge in [0.25, 0.3) is 5.91 Å². The summed E-state index contributed by atoms with van der Waals surface area (Å²) < 4.78 is 0.917. The highest BCUT2D eigenvalue weighted by atomic mass is 79.9. The molecule has 1 aliphatic rings. The van der Waals surface area contributed by atoms with Gasteiger partial charge in [-0.05, 0) is 47.4 Å². The first-order valence-electron chi connectivity index (χ1n) is 7.54. The molecule has 0 aromatic carbocycles. The van der Waals surface area contributed by atoms with Gasteiger partial charge in [0.1, 0.15) is 0 Å². The first kappa shape index (κ1) is 17.4. The molecule has 1 atom stereocenters. The molecule has 2 heterocycles. The fourth-order valence-electron chi connectivity index (χ4n) is 2.64. The number of halogens is 1. The first-order chi connectivity index (χ1) is 10.5. The quantitative estimate of drug-likeness (QED) is 0.813. The molecule has 2 amide bonds. The van der Waals surface area contributed by atoms with Crippen LogP contribution in [0.25, 0.3) is 0 Å². The third-order valence-electron chi connectivity index (χ3n) is 3.76. The summed E-state index contributed by atoms with van der Waals surface area (Å²) in [5.41, 5.74) is 0. The Hall–Kier alpha value is -0.920. The molecule has 0 spiro atoms. The largest absolute Gasteiger partial charge is 0.337 e. The molecule has 22 heavy (non-hydrogen) atoms. The van der Waals surface area contributed by atoms with Crippen LogP contribution in [0.5, 0.6) is 0 Å². The molecule has 122 valence electrons. The summed E-state index contributed by atoms with van der Waals surface area (Å²) in [5, 5.41) is 3.29. The number of rotatable bonds is 6. The Bertz CT molecular complexity index is 529. The molecule has 2 rings (SSSR count). The second-order valence-electron chi connectivity index (χ2n) is 5.50. The summed E-state index contributed by atoms with van der Waals surface area (Å²) >= 11 is 4.74. The number of likely N-dealkylation sites (N-methyl/N-ethyl adjacent to an activating group) is 1. The summed E-state index contributed by atoms with van der Waals surface area (Å²) in [7, 11) is 1.69. The lowest BCUT2D eigenvalue weighted by Crippen LogP contribution is -2.47. The van der Waals surface area contributed by atoms with Crippen molar-refractivity contribution >= 4 is 39.1 Å². The van der Waals surface area contributed by atoms with Gasteiger partial charge in [0.2, 0.25) is 5.91 Å². The van der Waals surface area contributed by atoms with Crippen LogP contribution in [-0.2, 0) is 4.79 Å². The van der Waals surface area contributed by atoms with E-state index in [-0.39, 0.29) is 24.4 Å². The summed E-state index contributed by atoms with van der Waals surface area (Å²) in [6.45, 7) is 4.75. The molecule has 0 aliphatic carbocycles. The second-order valence-corrected chi connectivity index (χ2v) is 7.96. The molecule has 1 fully saturated rings. The molecule has 7 heteroatoms. The van der Waals surface area contributed by atoms with E-state index in [1.54, 1.807) is 13.1 Å². The van der Waals surface area contributed by atoms with Gasteiger partial charge >= 0.3 is 0 Å². The van der Waals surface area contributed by atoms with Gasteiger partial charge < -0.3 is 15.1 Å². The molecule has 0 radical (unpaired) electrons. The number of amides is 2. The SMILES string of the molecule is CCCN(C(=O)CN(C)C(=O)c1ccc(Br)s1)C1CCNC1. The third kappa shape index (κ3) is 4.30. The molecular formula is C15H22BrN3O2S. The maximum atomic E-state index is 12.6. The van der Waals surface area contributed by atoms with E-state index in [2.05, 4.69) is 28.2 Å². The van der Waals surface area contributed by atoms with E-state index in [1.807, 2.05) is 11.0 Å².